The van der Waals surface area contributed by atoms with Crippen molar-refractivity contribution in [1.82, 2.24) is 5.32 Å². The van der Waals surface area contributed by atoms with E-state index < -0.39 is 0 Å². The van der Waals surface area contributed by atoms with E-state index in [2.05, 4.69) is 16.6 Å². The van der Waals surface area contributed by atoms with Gasteiger partial charge in [0.05, 0.1) is 26.3 Å². The molecule has 2 rings (SSSR count). The van der Waals surface area contributed by atoms with Crippen molar-refractivity contribution in [3.8, 4) is 12.3 Å². The average molecular weight is 260 g/mol. The number of carbonyl (C=O) groups is 1. The second-order valence-electron chi connectivity index (χ2n) is 4.05. The second kappa shape index (κ2) is 6.90. The molecule has 19 heavy (non-hydrogen) atoms. The Balaban J connectivity index is 1.84. The van der Waals surface area contributed by atoms with Crippen molar-refractivity contribution in [2.75, 3.05) is 31.6 Å². The zero-order chi connectivity index (χ0) is 13.5. The van der Waals surface area contributed by atoms with Gasteiger partial charge in [0.15, 0.2) is 6.29 Å². The van der Waals surface area contributed by atoms with Crippen LogP contribution in [0.1, 0.15) is 11.9 Å². The minimum atomic E-state index is -0.290. The van der Waals surface area contributed by atoms with Gasteiger partial charge in [0.1, 0.15) is 0 Å². The lowest BCUT2D eigenvalue weighted by Gasteiger charge is -2.10. The molecular formula is C14H16N2O3. The molecule has 5 nitrogen and oxygen atoms in total. The Bertz CT molecular complexity index is 459. The third kappa shape index (κ3) is 4.07. The molecule has 2 N–H and O–H groups in total. The smallest absolute Gasteiger partial charge is 0.238 e. The highest BCUT2D eigenvalue weighted by molar-refractivity contribution is 5.92. The Labute approximate surface area is 112 Å². The summed E-state index contributed by atoms with van der Waals surface area (Å²) in [6, 6.07) is 7.39. The fourth-order valence-electron chi connectivity index (χ4n) is 1.73. The molecule has 0 atom stereocenters. The summed E-state index contributed by atoms with van der Waals surface area (Å²) in [6.45, 7) is 1.80. The molecule has 0 aliphatic carbocycles. The normalized spacial score (nSPS) is 15.1. The van der Waals surface area contributed by atoms with Crippen molar-refractivity contribution in [1.29, 1.82) is 0 Å². The number of anilines is 1. The zero-order valence-electron chi connectivity index (χ0n) is 10.5. The average Bonchev–Trinajstić information content (AvgIpc) is 2.94. The maximum atomic E-state index is 11.5. The van der Waals surface area contributed by atoms with Crippen LogP contribution in [0, 0.1) is 12.3 Å². The van der Waals surface area contributed by atoms with Gasteiger partial charge in [-0.15, -0.1) is 6.42 Å². The van der Waals surface area contributed by atoms with Gasteiger partial charge < -0.3 is 14.8 Å². The molecule has 1 aromatic rings. The van der Waals surface area contributed by atoms with Gasteiger partial charge in [0, 0.05) is 11.3 Å². The molecule has 1 amide bonds. The van der Waals surface area contributed by atoms with Gasteiger partial charge in [0.25, 0.3) is 0 Å². The first-order chi connectivity index (χ1) is 9.29. The molecule has 5 heteroatoms. The van der Waals surface area contributed by atoms with Crippen molar-refractivity contribution in [2.45, 2.75) is 6.29 Å². The van der Waals surface area contributed by atoms with E-state index in [1.807, 2.05) is 24.3 Å². The molecule has 0 saturated carbocycles. The summed E-state index contributed by atoms with van der Waals surface area (Å²) in [4.78, 5) is 11.5. The lowest BCUT2D eigenvalue weighted by Crippen LogP contribution is -2.28. The zero-order valence-corrected chi connectivity index (χ0v) is 10.5. The minimum Gasteiger partial charge on any atom is -0.346 e. The first-order valence-corrected chi connectivity index (χ1v) is 6.07. The van der Waals surface area contributed by atoms with E-state index in [0.717, 1.165) is 11.3 Å². The molecule has 1 aliphatic heterocycles. The first-order valence-electron chi connectivity index (χ1n) is 6.07. The van der Waals surface area contributed by atoms with Crippen molar-refractivity contribution in [3.05, 3.63) is 29.8 Å². The van der Waals surface area contributed by atoms with Gasteiger partial charge in [0.2, 0.25) is 5.91 Å². The summed E-state index contributed by atoms with van der Waals surface area (Å²) in [5, 5.41) is 5.59. The molecular weight excluding hydrogens is 244 g/mol. The fraction of sp³-hybridized carbons (Fsp3) is 0.357. The highest BCUT2D eigenvalue weighted by Crippen LogP contribution is 2.24. The van der Waals surface area contributed by atoms with Gasteiger partial charge in [-0.05, 0) is 12.1 Å². The molecule has 0 radical (unpaired) electrons. The van der Waals surface area contributed by atoms with E-state index in [0.29, 0.717) is 19.8 Å². The molecule has 1 fully saturated rings. The number of nitrogens with one attached hydrogen (secondary N) is 2. The molecule has 100 valence electrons. The topological polar surface area (TPSA) is 59.6 Å². The predicted octanol–water partition coefficient (Wildman–Crippen LogP) is 0.893. The third-order valence-corrected chi connectivity index (χ3v) is 2.60. The lowest BCUT2D eigenvalue weighted by molar-refractivity contribution is -0.115. The van der Waals surface area contributed by atoms with Gasteiger partial charge in [-0.3, -0.25) is 10.1 Å². The molecule has 1 saturated heterocycles. The maximum Gasteiger partial charge on any atom is 0.238 e. The van der Waals surface area contributed by atoms with E-state index >= 15 is 0 Å². The quantitative estimate of drug-likeness (QED) is 0.610. The van der Waals surface area contributed by atoms with Crippen molar-refractivity contribution in [2.24, 2.45) is 0 Å². The van der Waals surface area contributed by atoms with Crippen LogP contribution in [-0.2, 0) is 14.3 Å². The van der Waals surface area contributed by atoms with Crippen LogP contribution in [0.2, 0.25) is 0 Å². The number of amides is 1. The van der Waals surface area contributed by atoms with Crippen LogP contribution in [0.15, 0.2) is 24.3 Å². The van der Waals surface area contributed by atoms with Gasteiger partial charge in [-0.25, -0.2) is 0 Å². The monoisotopic (exact) mass is 260 g/mol. The number of ether oxygens (including phenoxy) is 2. The van der Waals surface area contributed by atoms with Crippen molar-refractivity contribution >= 4 is 11.6 Å². The molecule has 1 aliphatic rings. The second-order valence-corrected chi connectivity index (χ2v) is 4.05. The molecule has 1 heterocycles. The molecule has 1 aromatic carbocycles. The Morgan fingerprint density at radius 1 is 1.32 bits per heavy atom. The van der Waals surface area contributed by atoms with Gasteiger partial charge in [-0.1, -0.05) is 18.1 Å². The van der Waals surface area contributed by atoms with Crippen molar-refractivity contribution < 1.29 is 14.3 Å². The van der Waals surface area contributed by atoms with Crippen LogP contribution in [0.3, 0.4) is 0 Å². The number of hydrogen-bond donors (Lipinski definition) is 2. The standard InChI is InChI=1S/C14H16N2O3/c1-2-7-15-10-13(17)16-12-5-3-11(4-6-12)14-18-8-9-19-14/h1,3-6,14-15H,7-10H2,(H,16,17). The Morgan fingerprint density at radius 2 is 2.00 bits per heavy atom. The maximum absolute atomic E-state index is 11.5. The summed E-state index contributed by atoms with van der Waals surface area (Å²) in [6.07, 6.45) is 4.79. The van der Waals surface area contributed by atoms with E-state index in [1.54, 1.807) is 0 Å². The summed E-state index contributed by atoms with van der Waals surface area (Å²) in [5.41, 5.74) is 1.68. The first kappa shape index (κ1) is 13.6. The SMILES string of the molecule is C#CCNCC(=O)Nc1ccc(C2OCCO2)cc1. The molecule has 0 bridgehead atoms. The number of hydrogen-bond acceptors (Lipinski definition) is 4. The Morgan fingerprint density at radius 3 is 2.63 bits per heavy atom. The number of carbonyl (C=O) groups excluding carboxylic acids is 1. The minimum absolute atomic E-state index is 0.128. The van der Waals surface area contributed by atoms with Gasteiger partial charge >= 0.3 is 0 Å². The lowest BCUT2D eigenvalue weighted by atomic mass is 10.2. The summed E-state index contributed by atoms with van der Waals surface area (Å²) >= 11 is 0. The number of benzene rings is 1. The van der Waals surface area contributed by atoms with Crippen LogP contribution >= 0.6 is 0 Å². The summed E-state index contributed by atoms with van der Waals surface area (Å²) < 4.78 is 10.8. The summed E-state index contributed by atoms with van der Waals surface area (Å²) in [7, 11) is 0. The number of rotatable bonds is 5. The third-order valence-electron chi connectivity index (χ3n) is 2.60. The Kier molecular flexibility index (Phi) is 4.93. The highest BCUT2D eigenvalue weighted by Gasteiger charge is 2.17. The molecule has 0 aromatic heterocycles. The largest absolute Gasteiger partial charge is 0.346 e. The van der Waals surface area contributed by atoms with E-state index in [9.17, 15) is 4.79 Å². The van der Waals surface area contributed by atoms with E-state index in [4.69, 9.17) is 15.9 Å². The fourth-order valence-corrected chi connectivity index (χ4v) is 1.73. The van der Waals surface area contributed by atoms with E-state index in [1.165, 1.54) is 0 Å². The van der Waals surface area contributed by atoms with Crippen LogP contribution < -0.4 is 10.6 Å². The van der Waals surface area contributed by atoms with Crippen LogP contribution in [0.5, 0.6) is 0 Å². The van der Waals surface area contributed by atoms with Crippen LogP contribution in [-0.4, -0.2) is 32.2 Å². The van der Waals surface area contributed by atoms with Crippen LogP contribution in [0.25, 0.3) is 0 Å². The van der Waals surface area contributed by atoms with Crippen LogP contribution in [0.4, 0.5) is 5.69 Å². The summed E-state index contributed by atoms with van der Waals surface area (Å²) in [5.74, 6) is 2.28. The molecule has 0 spiro atoms. The van der Waals surface area contributed by atoms with Crippen molar-refractivity contribution in [3.63, 3.8) is 0 Å². The Hall–Kier alpha value is -1.87. The van der Waals surface area contributed by atoms with Gasteiger partial charge in [-0.2, -0.15) is 0 Å². The van der Waals surface area contributed by atoms with E-state index in [-0.39, 0.29) is 18.7 Å². The molecule has 0 unspecified atom stereocenters. The predicted molar refractivity (Wildman–Crippen MR) is 71.4 cm³/mol. The highest BCUT2D eigenvalue weighted by atomic mass is 16.7. The number of terminal acetylenes is 1.